The van der Waals surface area contributed by atoms with E-state index in [1.165, 1.54) is 0 Å². The Labute approximate surface area is 102 Å². The van der Waals surface area contributed by atoms with Gasteiger partial charge in [0.2, 0.25) is 0 Å². The molecule has 1 aromatic carbocycles. The third kappa shape index (κ3) is 2.13. The molecule has 1 aliphatic heterocycles. The van der Waals surface area contributed by atoms with Gasteiger partial charge in [-0.15, -0.1) is 0 Å². The maximum Gasteiger partial charge on any atom is 0.101 e. The number of rotatable bonds is 2. The van der Waals surface area contributed by atoms with Gasteiger partial charge in [-0.05, 0) is 38.8 Å². The topological polar surface area (TPSA) is 45.0 Å². The summed E-state index contributed by atoms with van der Waals surface area (Å²) in [6.07, 6.45) is 1.13. The molecule has 3 nitrogen and oxygen atoms in total. The van der Waals surface area contributed by atoms with Gasteiger partial charge in [-0.25, -0.2) is 0 Å². The zero-order valence-electron chi connectivity index (χ0n) is 10.6. The summed E-state index contributed by atoms with van der Waals surface area (Å²) in [5.74, 6) is 0. The number of hydrogen-bond donors (Lipinski definition) is 1. The largest absolute Gasteiger partial charge is 0.376 e. The van der Waals surface area contributed by atoms with Crippen LogP contribution in [0.25, 0.3) is 0 Å². The van der Waals surface area contributed by atoms with E-state index in [-0.39, 0.29) is 11.6 Å². The summed E-state index contributed by atoms with van der Waals surface area (Å²) >= 11 is 0. The van der Waals surface area contributed by atoms with Crippen molar-refractivity contribution in [3.8, 4) is 6.07 Å². The Bertz CT molecular complexity index is 464. The molecule has 1 heterocycles. The molecule has 0 aromatic heterocycles. The van der Waals surface area contributed by atoms with E-state index in [9.17, 15) is 0 Å². The Morgan fingerprint density at radius 2 is 2.29 bits per heavy atom. The third-order valence-electron chi connectivity index (χ3n) is 3.69. The molecule has 3 heteroatoms. The van der Waals surface area contributed by atoms with E-state index in [0.717, 1.165) is 24.3 Å². The average molecular weight is 230 g/mol. The molecule has 90 valence electrons. The van der Waals surface area contributed by atoms with Gasteiger partial charge in [-0.1, -0.05) is 12.1 Å². The molecule has 1 aliphatic rings. The number of benzene rings is 1. The highest BCUT2D eigenvalue weighted by atomic mass is 16.5. The van der Waals surface area contributed by atoms with Crippen molar-refractivity contribution in [1.29, 1.82) is 5.26 Å². The molecule has 0 aliphatic carbocycles. The van der Waals surface area contributed by atoms with Gasteiger partial charge in [0.25, 0.3) is 0 Å². The number of nitriles is 1. The summed E-state index contributed by atoms with van der Waals surface area (Å²) < 4.78 is 5.61. The van der Waals surface area contributed by atoms with E-state index >= 15 is 0 Å². The molecule has 0 amide bonds. The number of nitrogens with zero attached hydrogens (tertiary/aromatic N) is 1. The van der Waals surface area contributed by atoms with Crippen molar-refractivity contribution in [2.24, 2.45) is 0 Å². The minimum atomic E-state index is -0.0856. The van der Waals surface area contributed by atoms with Crippen LogP contribution in [0.1, 0.15) is 31.4 Å². The highest BCUT2D eigenvalue weighted by Crippen LogP contribution is 2.32. The molecule has 0 bridgehead atoms. The van der Waals surface area contributed by atoms with Gasteiger partial charge in [0.05, 0.1) is 22.9 Å². The van der Waals surface area contributed by atoms with Crippen LogP contribution in [0.5, 0.6) is 0 Å². The number of aryl methyl sites for hydroxylation is 1. The van der Waals surface area contributed by atoms with Crippen molar-refractivity contribution in [3.63, 3.8) is 0 Å². The van der Waals surface area contributed by atoms with Gasteiger partial charge < -0.3 is 10.1 Å². The van der Waals surface area contributed by atoms with Gasteiger partial charge in [0.15, 0.2) is 0 Å². The number of anilines is 1. The molecule has 2 atom stereocenters. The van der Waals surface area contributed by atoms with Crippen molar-refractivity contribution in [2.45, 2.75) is 38.8 Å². The van der Waals surface area contributed by atoms with Crippen LogP contribution < -0.4 is 5.32 Å². The maximum atomic E-state index is 9.15. The van der Waals surface area contributed by atoms with Crippen LogP contribution in [0.3, 0.4) is 0 Å². The fourth-order valence-electron chi connectivity index (χ4n) is 2.21. The van der Waals surface area contributed by atoms with Crippen molar-refractivity contribution < 1.29 is 4.74 Å². The molecule has 1 N–H and O–H groups in total. The van der Waals surface area contributed by atoms with E-state index in [1.807, 2.05) is 25.1 Å². The molecule has 1 saturated heterocycles. The smallest absolute Gasteiger partial charge is 0.101 e. The number of para-hydroxylation sites is 1. The van der Waals surface area contributed by atoms with Crippen molar-refractivity contribution in [2.75, 3.05) is 11.9 Å². The first kappa shape index (κ1) is 11.9. The highest BCUT2D eigenvalue weighted by Gasteiger charge is 2.37. The maximum absolute atomic E-state index is 9.15. The van der Waals surface area contributed by atoms with Gasteiger partial charge in [0.1, 0.15) is 6.07 Å². The normalized spacial score (nSPS) is 27.8. The minimum absolute atomic E-state index is 0.0856. The van der Waals surface area contributed by atoms with Gasteiger partial charge >= 0.3 is 0 Å². The lowest BCUT2D eigenvalue weighted by atomic mass is 9.93. The van der Waals surface area contributed by atoms with Crippen LogP contribution >= 0.6 is 0 Å². The first-order chi connectivity index (χ1) is 8.07. The molecule has 17 heavy (non-hydrogen) atoms. The van der Waals surface area contributed by atoms with Gasteiger partial charge in [0, 0.05) is 6.61 Å². The SMILES string of the molecule is Cc1cccc(C#N)c1NC1(C)CCOC1C. The Morgan fingerprint density at radius 1 is 1.53 bits per heavy atom. The van der Waals surface area contributed by atoms with Crippen molar-refractivity contribution in [3.05, 3.63) is 29.3 Å². The second kappa shape index (κ2) is 4.38. The molecular weight excluding hydrogens is 212 g/mol. The van der Waals surface area contributed by atoms with Crippen LogP contribution in [0, 0.1) is 18.3 Å². The lowest BCUT2D eigenvalue weighted by Crippen LogP contribution is -2.41. The molecular formula is C14H18N2O. The Balaban J connectivity index is 2.33. The van der Waals surface area contributed by atoms with E-state index in [4.69, 9.17) is 10.00 Å². The van der Waals surface area contributed by atoms with Crippen LogP contribution in [-0.4, -0.2) is 18.2 Å². The second-order valence-electron chi connectivity index (χ2n) is 4.91. The van der Waals surface area contributed by atoms with E-state index < -0.39 is 0 Å². The van der Waals surface area contributed by atoms with Crippen LogP contribution in [-0.2, 0) is 4.74 Å². The molecule has 2 unspecified atom stereocenters. The monoisotopic (exact) mass is 230 g/mol. The van der Waals surface area contributed by atoms with Crippen molar-refractivity contribution >= 4 is 5.69 Å². The third-order valence-corrected chi connectivity index (χ3v) is 3.69. The lowest BCUT2D eigenvalue weighted by Gasteiger charge is -2.31. The predicted octanol–water partition coefficient (Wildman–Crippen LogP) is 2.85. The zero-order valence-corrected chi connectivity index (χ0v) is 10.6. The molecule has 1 aromatic rings. The quantitative estimate of drug-likeness (QED) is 0.849. The first-order valence-corrected chi connectivity index (χ1v) is 5.96. The second-order valence-corrected chi connectivity index (χ2v) is 4.91. The van der Waals surface area contributed by atoms with Crippen LogP contribution in [0.15, 0.2) is 18.2 Å². The first-order valence-electron chi connectivity index (χ1n) is 5.96. The van der Waals surface area contributed by atoms with Gasteiger partial charge in [-0.2, -0.15) is 5.26 Å². The fourth-order valence-corrected chi connectivity index (χ4v) is 2.21. The van der Waals surface area contributed by atoms with Crippen molar-refractivity contribution in [1.82, 2.24) is 0 Å². The summed E-state index contributed by atoms with van der Waals surface area (Å²) in [5.41, 5.74) is 2.65. The molecule has 0 spiro atoms. The molecule has 2 rings (SSSR count). The molecule has 1 fully saturated rings. The fraction of sp³-hybridized carbons (Fsp3) is 0.500. The number of hydrogen-bond acceptors (Lipinski definition) is 3. The summed E-state index contributed by atoms with van der Waals surface area (Å²) in [6.45, 7) is 7.02. The molecule has 0 radical (unpaired) electrons. The summed E-state index contributed by atoms with van der Waals surface area (Å²) in [4.78, 5) is 0. The van der Waals surface area contributed by atoms with E-state index in [2.05, 4.69) is 25.2 Å². The minimum Gasteiger partial charge on any atom is -0.376 e. The Kier molecular flexibility index (Phi) is 3.08. The summed E-state index contributed by atoms with van der Waals surface area (Å²) in [5, 5.41) is 12.7. The van der Waals surface area contributed by atoms with Crippen LogP contribution in [0.4, 0.5) is 5.69 Å². The lowest BCUT2D eigenvalue weighted by molar-refractivity contribution is 0.105. The van der Waals surface area contributed by atoms with E-state index in [1.54, 1.807) is 0 Å². The summed E-state index contributed by atoms with van der Waals surface area (Å²) in [6, 6.07) is 8.02. The van der Waals surface area contributed by atoms with E-state index in [0.29, 0.717) is 5.56 Å². The Morgan fingerprint density at radius 3 is 2.88 bits per heavy atom. The highest BCUT2D eigenvalue weighted by molar-refractivity contribution is 5.63. The molecule has 0 saturated carbocycles. The average Bonchev–Trinajstić information content (AvgIpc) is 2.62. The van der Waals surface area contributed by atoms with Gasteiger partial charge in [-0.3, -0.25) is 0 Å². The predicted molar refractivity (Wildman–Crippen MR) is 68.0 cm³/mol. The summed E-state index contributed by atoms with van der Waals surface area (Å²) in [7, 11) is 0. The number of nitrogens with one attached hydrogen (secondary N) is 1. The van der Waals surface area contributed by atoms with Crippen LogP contribution in [0.2, 0.25) is 0 Å². The number of ether oxygens (including phenoxy) is 1. The Hall–Kier alpha value is -1.53. The zero-order chi connectivity index (χ0) is 12.5. The standard InChI is InChI=1S/C14H18N2O/c1-10-5-4-6-12(9-15)13(10)16-14(3)7-8-17-11(14)2/h4-6,11,16H,7-8H2,1-3H3.